The second-order valence-electron chi connectivity index (χ2n) is 2.25. The van der Waals surface area contributed by atoms with E-state index >= 15 is 0 Å². The number of nitrogens with one attached hydrogen (secondary N) is 1. The van der Waals surface area contributed by atoms with Gasteiger partial charge in [0.1, 0.15) is 0 Å². The van der Waals surface area contributed by atoms with Crippen LogP contribution in [-0.2, 0) is 6.54 Å². The van der Waals surface area contributed by atoms with Gasteiger partial charge in [-0.15, -0.1) is 0 Å². The molecule has 1 aromatic carbocycles. The first-order valence-electron chi connectivity index (χ1n) is 3.24. The molecule has 0 amide bonds. The Hall–Kier alpha value is -0.860. The zero-order chi connectivity index (χ0) is 7.40. The minimum atomic E-state index is 0.409. The minimum absolute atomic E-state index is 0.409. The zero-order valence-corrected chi connectivity index (χ0v) is 5.92. The molecule has 0 aliphatic carbocycles. The molecule has 0 aliphatic heterocycles. The molecular weight excluding hydrogens is 126 g/mol. The molecule has 0 radical (unpaired) electrons. The molecule has 1 N–H and O–H groups in total. The highest BCUT2D eigenvalue weighted by Gasteiger charge is 1.90. The number of rotatable bonds is 2. The van der Waals surface area contributed by atoms with Crippen molar-refractivity contribution in [1.29, 1.82) is 0 Å². The van der Waals surface area contributed by atoms with Crippen LogP contribution in [0.15, 0.2) is 24.3 Å². The standard InChI is InChI=1S/C8H10NO/c1-7-4-2-3-5-8(7)6-9-10/h2-5,9H,6H2,1H3/q-1. The van der Waals surface area contributed by atoms with Crippen LogP contribution in [0.4, 0.5) is 0 Å². The van der Waals surface area contributed by atoms with E-state index in [1.54, 1.807) is 0 Å². The molecule has 0 bridgehead atoms. The summed E-state index contributed by atoms with van der Waals surface area (Å²) in [5.74, 6) is 0. The molecule has 1 aromatic rings. The van der Waals surface area contributed by atoms with Gasteiger partial charge in [-0.05, 0) is 18.1 Å². The number of hydrogen-bond acceptors (Lipinski definition) is 2. The maximum atomic E-state index is 10.0. The molecule has 0 saturated carbocycles. The van der Waals surface area contributed by atoms with E-state index in [4.69, 9.17) is 0 Å². The largest absolute Gasteiger partial charge is 0.788 e. The first kappa shape index (κ1) is 7.25. The maximum absolute atomic E-state index is 10.0. The van der Waals surface area contributed by atoms with Crippen molar-refractivity contribution in [2.24, 2.45) is 0 Å². The average molecular weight is 136 g/mol. The van der Waals surface area contributed by atoms with Crippen molar-refractivity contribution in [2.45, 2.75) is 13.5 Å². The Bertz CT molecular complexity index is 210. The molecule has 2 nitrogen and oxygen atoms in total. The van der Waals surface area contributed by atoms with Gasteiger partial charge in [0.05, 0.1) is 0 Å². The lowest BCUT2D eigenvalue weighted by Gasteiger charge is -2.08. The van der Waals surface area contributed by atoms with Crippen molar-refractivity contribution in [3.05, 3.63) is 40.6 Å². The van der Waals surface area contributed by atoms with Gasteiger partial charge in [-0.1, -0.05) is 24.3 Å². The van der Waals surface area contributed by atoms with Gasteiger partial charge < -0.3 is 10.7 Å². The summed E-state index contributed by atoms with van der Waals surface area (Å²) in [5.41, 5.74) is 4.10. The van der Waals surface area contributed by atoms with Crippen molar-refractivity contribution < 1.29 is 0 Å². The van der Waals surface area contributed by atoms with Gasteiger partial charge in [-0.3, -0.25) is 0 Å². The van der Waals surface area contributed by atoms with Gasteiger partial charge in [0.15, 0.2) is 0 Å². The Morgan fingerprint density at radius 1 is 1.40 bits per heavy atom. The summed E-state index contributed by atoms with van der Waals surface area (Å²) < 4.78 is 0. The van der Waals surface area contributed by atoms with Crippen LogP contribution in [0, 0.1) is 12.1 Å². The van der Waals surface area contributed by atoms with Crippen molar-refractivity contribution in [1.82, 2.24) is 5.48 Å². The van der Waals surface area contributed by atoms with Crippen LogP contribution in [0.3, 0.4) is 0 Å². The first-order valence-corrected chi connectivity index (χ1v) is 3.24. The molecule has 0 aliphatic rings. The quantitative estimate of drug-likeness (QED) is 0.626. The molecule has 0 unspecified atom stereocenters. The Kier molecular flexibility index (Phi) is 2.42. The molecule has 0 atom stereocenters. The fraction of sp³-hybridized carbons (Fsp3) is 0.250. The first-order chi connectivity index (χ1) is 4.84. The summed E-state index contributed by atoms with van der Waals surface area (Å²) in [6, 6.07) is 7.83. The van der Waals surface area contributed by atoms with Crippen LogP contribution < -0.4 is 5.48 Å². The SMILES string of the molecule is Cc1ccccc1CN[O-]. The Balaban J connectivity index is 2.81. The summed E-state index contributed by atoms with van der Waals surface area (Å²) in [6.45, 7) is 2.40. The highest BCUT2D eigenvalue weighted by molar-refractivity contribution is 5.25. The lowest BCUT2D eigenvalue weighted by atomic mass is 10.1. The number of benzene rings is 1. The fourth-order valence-electron chi connectivity index (χ4n) is 0.886. The van der Waals surface area contributed by atoms with Crippen LogP contribution in [0.5, 0.6) is 0 Å². The Labute approximate surface area is 60.5 Å². The van der Waals surface area contributed by atoms with E-state index in [2.05, 4.69) is 0 Å². The van der Waals surface area contributed by atoms with Crippen molar-refractivity contribution in [3.63, 3.8) is 0 Å². The molecule has 1 rings (SSSR count). The fourth-order valence-corrected chi connectivity index (χ4v) is 0.886. The van der Waals surface area contributed by atoms with Crippen molar-refractivity contribution >= 4 is 0 Å². The van der Waals surface area contributed by atoms with E-state index in [-0.39, 0.29) is 0 Å². The summed E-state index contributed by atoms with van der Waals surface area (Å²) in [7, 11) is 0. The molecule has 0 saturated heterocycles. The number of hydrogen-bond donors (Lipinski definition) is 1. The second kappa shape index (κ2) is 3.34. The van der Waals surface area contributed by atoms with E-state index in [0.717, 1.165) is 11.1 Å². The molecule has 0 fully saturated rings. The maximum Gasteiger partial charge on any atom is 0.00916 e. The van der Waals surface area contributed by atoms with Crippen LogP contribution in [-0.4, -0.2) is 0 Å². The van der Waals surface area contributed by atoms with Gasteiger partial charge in [0, 0.05) is 6.54 Å². The third kappa shape index (κ3) is 1.56. The number of aryl methyl sites for hydroxylation is 1. The highest BCUT2D eigenvalue weighted by atomic mass is 16.5. The van der Waals surface area contributed by atoms with Crippen LogP contribution in [0.1, 0.15) is 11.1 Å². The third-order valence-corrected chi connectivity index (χ3v) is 1.52. The van der Waals surface area contributed by atoms with E-state index in [9.17, 15) is 5.21 Å². The van der Waals surface area contributed by atoms with Crippen molar-refractivity contribution in [2.75, 3.05) is 0 Å². The van der Waals surface area contributed by atoms with Gasteiger partial charge in [0.2, 0.25) is 0 Å². The smallest absolute Gasteiger partial charge is 0.00916 e. The average Bonchev–Trinajstić information content (AvgIpc) is 1.94. The van der Waals surface area contributed by atoms with Crippen LogP contribution in [0.25, 0.3) is 0 Å². The van der Waals surface area contributed by atoms with Crippen LogP contribution in [0.2, 0.25) is 0 Å². The lowest BCUT2D eigenvalue weighted by molar-refractivity contribution is 0.868. The summed E-state index contributed by atoms with van der Waals surface area (Å²) in [6.07, 6.45) is 0. The Morgan fingerprint density at radius 3 is 2.70 bits per heavy atom. The number of hydroxylamine groups is 1. The molecule has 0 spiro atoms. The molecular formula is C8H10NO-. The summed E-state index contributed by atoms with van der Waals surface area (Å²) in [4.78, 5) is 0. The second-order valence-corrected chi connectivity index (χ2v) is 2.25. The zero-order valence-electron chi connectivity index (χ0n) is 5.92. The normalized spacial score (nSPS) is 9.80. The predicted octanol–water partition coefficient (Wildman–Crippen LogP) is 1.58. The van der Waals surface area contributed by atoms with Gasteiger partial charge in [-0.25, -0.2) is 0 Å². The van der Waals surface area contributed by atoms with E-state index < -0.39 is 0 Å². The van der Waals surface area contributed by atoms with Gasteiger partial charge in [0.25, 0.3) is 0 Å². The minimum Gasteiger partial charge on any atom is -0.788 e. The topological polar surface area (TPSA) is 35.1 Å². The predicted molar refractivity (Wildman–Crippen MR) is 41.4 cm³/mol. The molecule has 10 heavy (non-hydrogen) atoms. The van der Waals surface area contributed by atoms with E-state index in [1.165, 1.54) is 0 Å². The lowest BCUT2D eigenvalue weighted by Crippen LogP contribution is -2.03. The van der Waals surface area contributed by atoms with Crippen LogP contribution >= 0.6 is 0 Å². The summed E-state index contributed by atoms with van der Waals surface area (Å²) >= 11 is 0. The molecule has 0 aromatic heterocycles. The van der Waals surface area contributed by atoms with Crippen molar-refractivity contribution in [3.8, 4) is 0 Å². The Morgan fingerprint density at radius 2 is 2.10 bits per heavy atom. The highest BCUT2D eigenvalue weighted by Crippen LogP contribution is 2.05. The van der Waals surface area contributed by atoms with E-state index in [1.807, 2.05) is 36.7 Å². The van der Waals surface area contributed by atoms with E-state index in [0.29, 0.717) is 6.54 Å². The van der Waals surface area contributed by atoms with Gasteiger partial charge >= 0.3 is 0 Å². The third-order valence-electron chi connectivity index (χ3n) is 1.52. The summed E-state index contributed by atoms with van der Waals surface area (Å²) in [5, 5.41) is 10.0. The van der Waals surface area contributed by atoms with Gasteiger partial charge in [-0.2, -0.15) is 0 Å². The molecule has 54 valence electrons. The monoisotopic (exact) mass is 136 g/mol. The molecule has 2 heteroatoms. The molecule has 0 heterocycles.